The number of nitrogens with zero attached hydrogens (tertiary/aromatic N) is 1. The summed E-state index contributed by atoms with van der Waals surface area (Å²) in [7, 11) is 0. The fraction of sp³-hybridized carbons (Fsp3) is 0.0714. The fourth-order valence-corrected chi connectivity index (χ4v) is 2.14. The van der Waals surface area contributed by atoms with E-state index in [1.165, 1.54) is 0 Å². The second-order valence-electron chi connectivity index (χ2n) is 4.27. The molecular formula is C14H12ClN3O. The Labute approximate surface area is 115 Å². The second kappa shape index (κ2) is 4.82. The Balaban J connectivity index is 1.80. The molecule has 3 aromatic rings. The van der Waals surface area contributed by atoms with E-state index in [4.69, 9.17) is 11.6 Å². The SMILES string of the molecule is Oc1c(Cl)cccc1CNc1ccc2cn[nH]c2c1. The largest absolute Gasteiger partial charge is 0.506 e. The molecule has 3 N–H and O–H groups in total. The Hall–Kier alpha value is -2.20. The van der Waals surface area contributed by atoms with E-state index in [2.05, 4.69) is 15.5 Å². The zero-order valence-electron chi connectivity index (χ0n) is 10.0. The summed E-state index contributed by atoms with van der Waals surface area (Å²) in [5, 5.41) is 21.4. The van der Waals surface area contributed by atoms with E-state index in [-0.39, 0.29) is 5.75 Å². The van der Waals surface area contributed by atoms with Crippen LogP contribution in [0.25, 0.3) is 10.9 Å². The third kappa shape index (κ3) is 2.35. The van der Waals surface area contributed by atoms with Crippen molar-refractivity contribution in [1.82, 2.24) is 10.2 Å². The lowest BCUT2D eigenvalue weighted by atomic mass is 10.2. The molecule has 0 radical (unpaired) electrons. The van der Waals surface area contributed by atoms with Gasteiger partial charge in [0.15, 0.2) is 0 Å². The van der Waals surface area contributed by atoms with Crippen molar-refractivity contribution in [3.63, 3.8) is 0 Å². The van der Waals surface area contributed by atoms with Crippen LogP contribution >= 0.6 is 11.6 Å². The summed E-state index contributed by atoms with van der Waals surface area (Å²) in [4.78, 5) is 0. The van der Waals surface area contributed by atoms with Crippen LogP contribution in [0.3, 0.4) is 0 Å². The van der Waals surface area contributed by atoms with E-state index >= 15 is 0 Å². The monoisotopic (exact) mass is 273 g/mol. The average molecular weight is 274 g/mol. The third-order valence-electron chi connectivity index (χ3n) is 3.00. The highest BCUT2D eigenvalue weighted by atomic mass is 35.5. The average Bonchev–Trinajstić information content (AvgIpc) is 2.88. The number of hydrogen-bond donors (Lipinski definition) is 3. The van der Waals surface area contributed by atoms with Gasteiger partial charge in [-0.2, -0.15) is 5.10 Å². The number of anilines is 1. The van der Waals surface area contributed by atoms with Gasteiger partial charge < -0.3 is 10.4 Å². The normalized spacial score (nSPS) is 10.8. The molecule has 1 aromatic heterocycles. The summed E-state index contributed by atoms with van der Waals surface area (Å²) < 4.78 is 0. The van der Waals surface area contributed by atoms with Crippen molar-refractivity contribution in [2.45, 2.75) is 6.54 Å². The molecule has 0 amide bonds. The molecule has 2 aromatic carbocycles. The predicted octanol–water partition coefficient (Wildman–Crippen LogP) is 3.53. The van der Waals surface area contributed by atoms with E-state index < -0.39 is 0 Å². The van der Waals surface area contributed by atoms with Crippen molar-refractivity contribution < 1.29 is 5.11 Å². The number of phenolic OH excluding ortho intramolecular Hbond substituents is 1. The van der Waals surface area contributed by atoms with Crippen LogP contribution in [0.4, 0.5) is 5.69 Å². The van der Waals surface area contributed by atoms with E-state index in [0.717, 1.165) is 22.2 Å². The predicted molar refractivity (Wildman–Crippen MR) is 76.5 cm³/mol. The second-order valence-corrected chi connectivity index (χ2v) is 4.68. The number of phenols is 1. The van der Waals surface area contributed by atoms with Crippen molar-refractivity contribution in [2.24, 2.45) is 0 Å². The van der Waals surface area contributed by atoms with E-state index in [1.54, 1.807) is 12.3 Å². The van der Waals surface area contributed by atoms with Crippen molar-refractivity contribution in [1.29, 1.82) is 0 Å². The zero-order valence-corrected chi connectivity index (χ0v) is 10.8. The number of para-hydroxylation sites is 1. The van der Waals surface area contributed by atoms with Crippen LogP contribution in [0.2, 0.25) is 5.02 Å². The van der Waals surface area contributed by atoms with E-state index in [0.29, 0.717) is 11.6 Å². The number of nitrogens with one attached hydrogen (secondary N) is 2. The summed E-state index contributed by atoms with van der Waals surface area (Å²) in [6, 6.07) is 11.2. The van der Waals surface area contributed by atoms with Gasteiger partial charge in [0.05, 0.1) is 16.7 Å². The summed E-state index contributed by atoms with van der Waals surface area (Å²) in [6.45, 7) is 0.506. The van der Waals surface area contributed by atoms with Gasteiger partial charge in [-0.05, 0) is 24.3 Å². The molecular weight excluding hydrogens is 262 g/mol. The third-order valence-corrected chi connectivity index (χ3v) is 3.30. The van der Waals surface area contributed by atoms with Gasteiger partial charge in [-0.1, -0.05) is 23.7 Å². The maximum Gasteiger partial charge on any atom is 0.139 e. The molecule has 4 nitrogen and oxygen atoms in total. The molecule has 5 heteroatoms. The van der Waals surface area contributed by atoms with Crippen molar-refractivity contribution in [3.8, 4) is 5.75 Å². The number of H-pyrrole nitrogens is 1. The minimum Gasteiger partial charge on any atom is -0.506 e. The highest BCUT2D eigenvalue weighted by molar-refractivity contribution is 6.32. The highest BCUT2D eigenvalue weighted by Crippen LogP contribution is 2.27. The minimum atomic E-state index is 0.124. The van der Waals surface area contributed by atoms with Gasteiger partial charge >= 0.3 is 0 Å². The Morgan fingerprint density at radius 3 is 3.05 bits per heavy atom. The van der Waals surface area contributed by atoms with Crippen LogP contribution in [0.5, 0.6) is 5.75 Å². The van der Waals surface area contributed by atoms with Gasteiger partial charge in [-0.3, -0.25) is 5.10 Å². The lowest BCUT2D eigenvalue weighted by Crippen LogP contribution is -1.99. The van der Waals surface area contributed by atoms with Crippen LogP contribution < -0.4 is 5.32 Å². The first-order valence-electron chi connectivity index (χ1n) is 5.87. The molecule has 0 atom stereocenters. The Morgan fingerprint density at radius 1 is 1.26 bits per heavy atom. The van der Waals surface area contributed by atoms with Crippen molar-refractivity contribution in [2.75, 3.05) is 5.32 Å². The molecule has 0 aliphatic carbocycles. The first-order valence-corrected chi connectivity index (χ1v) is 6.25. The number of aromatic amines is 1. The molecule has 1 heterocycles. The molecule has 19 heavy (non-hydrogen) atoms. The first kappa shape index (κ1) is 11.9. The molecule has 0 fully saturated rings. The molecule has 0 aliphatic heterocycles. The molecule has 0 aliphatic rings. The minimum absolute atomic E-state index is 0.124. The highest BCUT2D eigenvalue weighted by Gasteiger charge is 2.05. The Morgan fingerprint density at radius 2 is 2.16 bits per heavy atom. The lowest BCUT2D eigenvalue weighted by Gasteiger charge is -2.09. The molecule has 96 valence electrons. The number of rotatable bonds is 3. The summed E-state index contributed by atoms with van der Waals surface area (Å²) in [6.07, 6.45) is 1.78. The number of hydrogen-bond acceptors (Lipinski definition) is 3. The van der Waals surface area contributed by atoms with Crippen molar-refractivity contribution >= 4 is 28.2 Å². The quantitative estimate of drug-likeness (QED) is 0.684. The van der Waals surface area contributed by atoms with Gasteiger partial charge in [0.1, 0.15) is 5.75 Å². The number of aromatic hydroxyl groups is 1. The van der Waals surface area contributed by atoms with E-state index in [1.807, 2.05) is 30.3 Å². The zero-order chi connectivity index (χ0) is 13.2. The van der Waals surface area contributed by atoms with Crippen LogP contribution in [-0.4, -0.2) is 15.3 Å². The fourth-order valence-electron chi connectivity index (χ4n) is 1.95. The smallest absolute Gasteiger partial charge is 0.139 e. The number of benzene rings is 2. The lowest BCUT2D eigenvalue weighted by molar-refractivity contribution is 0.469. The van der Waals surface area contributed by atoms with Crippen molar-refractivity contribution in [3.05, 3.63) is 53.2 Å². The number of aromatic nitrogens is 2. The van der Waals surface area contributed by atoms with E-state index in [9.17, 15) is 5.11 Å². The molecule has 0 unspecified atom stereocenters. The Bertz CT molecular complexity index is 724. The molecule has 0 saturated carbocycles. The van der Waals surface area contributed by atoms with Gasteiger partial charge in [-0.15, -0.1) is 0 Å². The van der Waals surface area contributed by atoms with Gasteiger partial charge in [-0.25, -0.2) is 0 Å². The number of halogens is 1. The maximum atomic E-state index is 9.83. The molecule has 0 bridgehead atoms. The summed E-state index contributed by atoms with van der Waals surface area (Å²) in [5.74, 6) is 0.124. The summed E-state index contributed by atoms with van der Waals surface area (Å²) >= 11 is 5.87. The maximum absolute atomic E-state index is 9.83. The molecule has 0 spiro atoms. The van der Waals surface area contributed by atoms with Crippen LogP contribution in [-0.2, 0) is 6.54 Å². The number of fused-ring (bicyclic) bond motifs is 1. The van der Waals surface area contributed by atoms with Crippen LogP contribution in [0.1, 0.15) is 5.56 Å². The van der Waals surface area contributed by atoms with Gasteiger partial charge in [0.25, 0.3) is 0 Å². The molecule has 0 saturated heterocycles. The Kier molecular flexibility index (Phi) is 3.01. The summed E-state index contributed by atoms with van der Waals surface area (Å²) in [5.41, 5.74) is 2.69. The molecule has 3 rings (SSSR count). The van der Waals surface area contributed by atoms with Crippen LogP contribution in [0.15, 0.2) is 42.6 Å². The van der Waals surface area contributed by atoms with Gasteiger partial charge in [0, 0.05) is 23.2 Å². The first-order chi connectivity index (χ1) is 9.24. The van der Waals surface area contributed by atoms with Crippen LogP contribution in [0, 0.1) is 0 Å². The topological polar surface area (TPSA) is 60.9 Å². The van der Waals surface area contributed by atoms with Gasteiger partial charge in [0.2, 0.25) is 0 Å². The standard InChI is InChI=1S/C14H12ClN3O/c15-12-3-1-2-10(14(12)19)7-16-11-5-4-9-8-17-18-13(9)6-11/h1-6,8,16,19H,7H2,(H,17,18).